The van der Waals surface area contributed by atoms with Crippen LogP contribution in [0.3, 0.4) is 0 Å². The second kappa shape index (κ2) is 13.1. The lowest BCUT2D eigenvalue weighted by Gasteiger charge is -2.36. The molecule has 48 heavy (non-hydrogen) atoms. The first-order valence-electron chi connectivity index (χ1n) is 17.6. The molecule has 2 saturated carbocycles. The lowest BCUT2D eigenvalue weighted by Crippen LogP contribution is -2.57. The SMILES string of the molecule is CCC1C2CN(C(=O)C(C(C)(C)C)NC(=O)OC3CC3CCCCC(F)(F)c3cc4ccc(OC5CC5)cc4nc3O2)C1C(=O)C(C)C. The van der Waals surface area contributed by atoms with Crippen LogP contribution in [0, 0.1) is 23.2 Å². The Morgan fingerprint density at radius 1 is 1.10 bits per heavy atom. The number of Topliss-reactive ketones (excluding diaryl/α,β-unsaturated/α-hetero) is 1. The summed E-state index contributed by atoms with van der Waals surface area (Å²) in [5, 5.41) is 3.36. The lowest BCUT2D eigenvalue weighted by atomic mass is 9.84. The van der Waals surface area contributed by atoms with Crippen LogP contribution in [0.2, 0.25) is 0 Å². The van der Waals surface area contributed by atoms with Gasteiger partial charge in [-0.15, -0.1) is 0 Å². The highest BCUT2D eigenvalue weighted by Gasteiger charge is 2.52. The number of pyridine rings is 1. The molecule has 9 nitrogen and oxygen atoms in total. The van der Waals surface area contributed by atoms with E-state index in [9.17, 15) is 14.4 Å². The molecule has 6 atom stereocenters. The van der Waals surface area contributed by atoms with E-state index in [2.05, 4.69) is 10.3 Å². The first kappa shape index (κ1) is 34.4. The Morgan fingerprint density at radius 3 is 2.52 bits per heavy atom. The maximum Gasteiger partial charge on any atom is 0.408 e. The molecular formula is C37H49F2N3O6. The van der Waals surface area contributed by atoms with Crippen LogP contribution >= 0.6 is 0 Å². The van der Waals surface area contributed by atoms with Gasteiger partial charge < -0.3 is 24.4 Å². The average molecular weight is 670 g/mol. The van der Waals surface area contributed by atoms with Crippen LogP contribution in [0.25, 0.3) is 10.9 Å². The predicted molar refractivity (Wildman–Crippen MR) is 176 cm³/mol. The third-order valence-electron chi connectivity index (χ3n) is 10.3. The van der Waals surface area contributed by atoms with Crippen LogP contribution in [-0.4, -0.2) is 64.6 Å². The van der Waals surface area contributed by atoms with E-state index < -0.39 is 59.8 Å². The van der Waals surface area contributed by atoms with Crippen molar-refractivity contribution in [2.24, 2.45) is 23.2 Å². The number of amides is 2. The van der Waals surface area contributed by atoms with E-state index in [-0.39, 0.29) is 48.3 Å². The molecule has 11 heteroatoms. The Bertz CT molecular complexity index is 1550. The Balaban J connectivity index is 1.43. The molecule has 2 bridgehead atoms. The van der Waals surface area contributed by atoms with Crippen molar-refractivity contribution in [3.8, 4) is 11.6 Å². The molecule has 2 aliphatic heterocycles. The average Bonchev–Trinajstić information content (AvgIpc) is 3.94. The number of fused-ring (bicyclic) bond motifs is 5. The fraction of sp³-hybridized carbons (Fsp3) is 0.676. The molecular weight excluding hydrogens is 620 g/mol. The number of alkyl carbamates (subject to hydrolysis) is 1. The highest BCUT2D eigenvalue weighted by Crippen LogP contribution is 2.44. The van der Waals surface area contributed by atoms with E-state index >= 15 is 8.78 Å². The van der Waals surface area contributed by atoms with Crippen LogP contribution < -0.4 is 14.8 Å². The maximum absolute atomic E-state index is 16.2. The van der Waals surface area contributed by atoms with Crippen molar-refractivity contribution in [2.75, 3.05) is 6.54 Å². The molecule has 262 valence electrons. The summed E-state index contributed by atoms with van der Waals surface area (Å²) in [6.45, 7) is 11.0. The second-order valence-electron chi connectivity index (χ2n) is 15.6. The first-order valence-corrected chi connectivity index (χ1v) is 17.6. The number of ketones is 1. The number of nitrogens with one attached hydrogen (secondary N) is 1. The summed E-state index contributed by atoms with van der Waals surface area (Å²) < 4.78 is 50.5. The largest absolute Gasteiger partial charge is 0.490 e. The van der Waals surface area contributed by atoms with Crippen LogP contribution in [0.4, 0.5) is 13.6 Å². The molecule has 1 aromatic carbocycles. The molecule has 3 fully saturated rings. The van der Waals surface area contributed by atoms with Gasteiger partial charge in [0.25, 0.3) is 5.92 Å². The van der Waals surface area contributed by atoms with Gasteiger partial charge in [0.05, 0.1) is 29.8 Å². The van der Waals surface area contributed by atoms with Crippen molar-refractivity contribution in [3.63, 3.8) is 0 Å². The zero-order chi connectivity index (χ0) is 34.5. The van der Waals surface area contributed by atoms with E-state index in [0.717, 1.165) is 12.8 Å². The Labute approximate surface area is 281 Å². The fourth-order valence-electron chi connectivity index (χ4n) is 7.16. The molecule has 0 radical (unpaired) electrons. The summed E-state index contributed by atoms with van der Waals surface area (Å²) in [6, 6.07) is 4.87. The van der Waals surface area contributed by atoms with Gasteiger partial charge in [0.1, 0.15) is 24.0 Å². The highest BCUT2D eigenvalue weighted by molar-refractivity contribution is 5.94. The third-order valence-corrected chi connectivity index (χ3v) is 10.3. The molecule has 2 amide bonds. The monoisotopic (exact) mass is 669 g/mol. The zero-order valence-electron chi connectivity index (χ0n) is 28.9. The molecule has 1 N–H and O–H groups in total. The smallest absolute Gasteiger partial charge is 0.408 e. The number of rotatable bonds is 5. The van der Waals surface area contributed by atoms with Gasteiger partial charge in [0.2, 0.25) is 11.8 Å². The molecule has 6 unspecified atom stereocenters. The topological polar surface area (TPSA) is 107 Å². The number of hydrogen-bond donors (Lipinski definition) is 1. The van der Waals surface area contributed by atoms with Crippen molar-refractivity contribution in [1.29, 1.82) is 0 Å². The summed E-state index contributed by atoms with van der Waals surface area (Å²) in [6.07, 6.45) is 2.52. The van der Waals surface area contributed by atoms with Crippen molar-refractivity contribution in [1.82, 2.24) is 15.2 Å². The number of alkyl halides is 2. The number of carbonyl (C=O) groups is 3. The van der Waals surface area contributed by atoms with Crippen LogP contribution in [0.15, 0.2) is 24.3 Å². The summed E-state index contributed by atoms with van der Waals surface area (Å²) in [7, 11) is 0. The van der Waals surface area contributed by atoms with Gasteiger partial charge >= 0.3 is 6.09 Å². The number of carbonyl (C=O) groups excluding carboxylic acids is 3. The fourth-order valence-corrected chi connectivity index (χ4v) is 7.16. The molecule has 1 saturated heterocycles. The Hall–Kier alpha value is -3.50. The van der Waals surface area contributed by atoms with Crippen LogP contribution in [0.5, 0.6) is 11.6 Å². The van der Waals surface area contributed by atoms with Gasteiger partial charge in [-0.2, -0.15) is 0 Å². The van der Waals surface area contributed by atoms with Crippen LogP contribution in [0.1, 0.15) is 98.5 Å². The molecule has 6 rings (SSSR count). The Morgan fingerprint density at radius 2 is 1.85 bits per heavy atom. The van der Waals surface area contributed by atoms with E-state index in [4.69, 9.17) is 14.2 Å². The first-order chi connectivity index (χ1) is 22.7. The van der Waals surface area contributed by atoms with E-state index in [0.29, 0.717) is 42.3 Å². The van der Waals surface area contributed by atoms with E-state index in [1.165, 1.54) is 11.0 Å². The van der Waals surface area contributed by atoms with Crippen LogP contribution in [-0.2, 0) is 20.2 Å². The molecule has 0 spiro atoms. The number of nitrogens with zero attached hydrogens (tertiary/aromatic N) is 2. The molecule has 3 heterocycles. The van der Waals surface area contributed by atoms with Crippen molar-refractivity contribution >= 4 is 28.7 Å². The number of hydrogen-bond acceptors (Lipinski definition) is 7. The molecule has 2 aromatic rings. The summed E-state index contributed by atoms with van der Waals surface area (Å²) in [5.41, 5.74) is -0.554. The quantitative estimate of drug-likeness (QED) is 0.360. The number of ether oxygens (including phenoxy) is 3. The third kappa shape index (κ3) is 7.25. The summed E-state index contributed by atoms with van der Waals surface area (Å²) in [5.74, 6) is -4.20. The minimum absolute atomic E-state index is 0.0238. The Kier molecular flexibility index (Phi) is 9.37. The van der Waals surface area contributed by atoms with Gasteiger partial charge in [-0.3, -0.25) is 9.59 Å². The molecule has 1 aromatic heterocycles. The number of aromatic nitrogens is 1. The van der Waals surface area contributed by atoms with Gasteiger partial charge in [-0.1, -0.05) is 48.0 Å². The molecule has 4 aliphatic rings. The van der Waals surface area contributed by atoms with Crippen molar-refractivity contribution in [3.05, 3.63) is 29.8 Å². The lowest BCUT2D eigenvalue weighted by molar-refractivity contribution is -0.143. The summed E-state index contributed by atoms with van der Waals surface area (Å²) >= 11 is 0. The zero-order valence-corrected chi connectivity index (χ0v) is 28.9. The predicted octanol–water partition coefficient (Wildman–Crippen LogP) is 7.18. The standard InChI is InChI=1S/C37H49F2N3O6/c1-7-25-29-19-42(30(25)31(43)20(2)3)34(44)32(36(4,5)6)41-35(45)48-28-17-22(28)10-8-9-15-37(38,39)26-16-21-11-12-24(46-23-13-14-23)18-27(21)40-33(26)47-29/h11-12,16,18,20,22-23,25,28-30,32H,7-10,13-15,17,19H2,1-6H3,(H,41,45). The van der Waals surface area contributed by atoms with Gasteiger partial charge in [0.15, 0.2) is 5.78 Å². The maximum atomic E-state index is 16.2. The highest BCUT2D eigenvalue weighted by atomic mass is 19.3. The van der Waals surface area contributed by atoms with Gasteiger partial charge in [-0.25, -0.2) is 18.6 Å². The second-order valence-corrected chi connectivity index (χ2v) is 15.6. The van der Waals surface area contributed by atoms with Crippen molar-refractivity contribution < 1.29 is 37.4 Å². The number of halogens is 2. The molecule has 2 aliphatic carbocycles. The van der Waals surface area contributed by atoms with E-state index in [1.807, 2.05) is 27.7 Å². The van der Waals surface area contributed by atoms with Crippen molar-refractivity contribution in [2.45, 2.75) is 129 Å². The van der Waals surface area contributed by atoms with E-state index in [1.54, 1.807) is 32.0 Å². The minimum atomic E-state index is -3.25. The minimum Gasteiger partial charge on any atom is -0.490 e. The normalized spacial score (nSPS) is 29.6. The van der Waals surface area contributed by atoms with Gasteiger partial charge in [-0.05, 0) is 68.1 Å². The number of benzene rings is 1. The summed E-state index contributed by atoms with van der Waals surface area (Å²) in [4.78, 5) is 47.5. The van der Waals surface area contributed by atoms with Gasteiger partial charge in [0, 0.05) is 29.7 Å².